The third-order valence-electron chi connectivity index (χ3n) is 2.40. The molecule has 0 atom stereocenters. The van der Waals surface area contributed by atoms with Gasteiger partial charge < -0.3 is 5.73 Å². The van der Waals surface area contributed by atoms with Crippen LogP contribution in [-0.4, -0.2) is 5.54 Å². The van der Waals surface area contributed by atoms with Crippen LogP contribution >= 0.6 is 0 Å². The van der Waals surface area contributed by atoms with E-state index >= 15 is 0 Å². The van der Waals surface area contributed by atoms with Crippen LogP contribution in [0.1, 0.15) is 30.5 Å². The molecule has 0 saturated carbocycles. The Labute approximate surface area is 85.1 Å². The van der Waals surface area contributed by atoms with Crippen molar-refractivity contribution in [3.63, 3.8) is 0 Å². The molecule has 14 heavy (non-hydrogen) atoms. The summed E-state index contributed by atoms with van der Waals surface area (Å²) in [5.41, 5.74) is 8.52. The lowest BCUT2D eigenvalue weighted by Crippen LogP contribution is -2.35. The summed E-state index contributed by atoms with van der Waals surface area (Å²) in [6.45, 7) is 7.71. The van der Waals surface area contributed by atoms with Gasteiger partial charge in [0.15, 0.2) is 0 Å². The number of halogens is 1. The van der Waals surface area contributed by atoms with E-state index in [9.17, 15) is 4.39 Å². The lowest BCUT2D eigenvalue weighted by Gasteiger charge is -2.21. The summed E-state index contributed by atoms with van der Waals surface area (Å²) in [6.07, 6.45) is 0.711. The zero-order valence-corrected chi connectivity index (χ0v) is 9.32. The van der Waals surface area contributed by atoms with Crippen LogP contribution in [0.5, 0.6) is 0 Å². The molecular weight excluding hydrogens is 177 g/mol. The molecule has 1 rings (SSSR count). The largest absolute Gasteiger partial charge is 0.325 e. The highest BCUT2D eigenvalue weighted by Crippen LogP contribution is 2.21. The van der Waals surface area contributed by atoms with E-state index < -0.39 is 0 Å². The first-order valence-electron chi connectivity index (χ1n) is 4.85. The maximum absolute atomic E-state index is 13.3. The van der Waals surface area contributed by atoms with E-state index in [4.69, 9.17) is 5.73 Å². The van der Waals surface area contributed by atoms with E-state index in [1.165, 1.54) is 6.07 Å². The molecule has 0 spiro atoms. The summed E-state index contributed by atoms with van der Waals surface area (Å²) in [6, 6.07) is 3.32. The second kappa shape index (κ2) is 3.70. The van der Waals surface area contributed by atoms with Crippen molar-refractivity contribution in [1.29, 1.82) is 0 Å². The first-order chi connectivity index (χ1) is 6.31. The van der Waals surface area contributed by atoms with Gasteiger partial charge in [-0.05, 0) is 56.9 Å². The van der Waals surface area contributed by atoms with Gasteiger partial charge >= 0.3 is 0 Å². The van der Waals surface area contributed by atoms with Crippen LogP contribution in [0.15, 0.2) is 12.1 Å². The van der Waals surface area contributed by atoms with Crippen molar-refractivity contribution in [2.45, 2.75) is 39.7 Å². The van der Waals surface area contributed by atoms with E-state index in [0.717, 1.165) is 16.7 Å². The van der Waals surface area contributed by atoms with Gasteiger partial charge in [-0.25, -0.2) is 4.39 Å². The number of hydrogen-bond donors (Lipinski definition) is 1. The second-order valence-electron chi connectivity index (χ2n) is 4.63. The molecule has 0 fully saturated rings. The summed E-state index contributed by atoms with van der Waals surface area (Å²) >= 11 is 0. The molecule has 0 unspecified atom stereocenters. The molecule has 2 N–H and O–H groups in total. The van der Waals surface area contributed by atoms with Gasteiger partial charge in [0.1, 0.15) is 5.82 Å². The van der Waals surface area contributed by atoms with E-state index in [1.54, 1.807) is 0 Å². The van der Waals surface area contributed by atoms with Gasteiger partial charge in [0.2, 0.25) is 0 Å². The number of rotatable bonds is 2. The maximum Gasteiger partial charge on any atom is 0.126 e. The summed E-state index contributed by atoms with van der Waals surface area (Å²) in [5.74, 6) is -0.144. The van der Waals surface area contributed by atoms with Crippen LogP contribution in [0, 0.1) is 19.7 Å². The molecule has 0 amide bonds. The first kappa shape index (κ1) is 11.2. The Kier molecular flexibility index (Phi) is 2.95. The Morgan fingerprint density at radius 2 is 1.86 bits per heavy atom. The fraction of sp³-hybridized carbons (Fsp3) is 0.500. The van der Waals surface area contributed by atoms with Gasteiger partial charge in [0.05, 0.1) is 0 Å². The van der Waals surface area contributed by atoms with E-state index in [1.807, 2.05) is 33.8 Å². The third kappa shape index (κ3) is 2.55. The average molecular weight is 195 g/mol. The first-order valence-corrected chi connectivity index (χ1v) is 4.85. The van der Waals surface area contributed by atoms with Crippen molar-refractivity contribution < 1.29 is 4.39 Å². The fourth-order valence-electron chi connectivity index (χ4n) is 1.59. The second-order valence-corrected chi connectivity index (χ2v) is 4.63. The minimum absolute atomic E-state index is 0.144. The van der Waals surface area contributed by atoms with Crippen LogP contribution in [0.4, 0.5) is 4.39 Å². The van der Waals surface area contributed by atoms with Gasteiger partial charge in [-0.15, -0.1) is 0 Å². The standard InChI is InChI=1S/C12H18FN/c1-8-5-6-11(13)9(2)10(8)7-12(3,4)14/h5-6H,7,14H2,1-4H3. The molecule has 0 aliphatic carbocycles. The molecule has 1 aromatic carbocycles. The number of hydrogen-bond acceptors (Lipinski definition) is 1. The normalized spacial score (nSPS) is 11.9. The number of nitrogens with two attached hydrogens (primary N) is 1. The molecule has 78 valence electrons. The number of aryl methyl sites for hydroxylation is 1. The van der Waals surface area contributed by atoms with Gasteiger partial charge in [-0.3, -0.25) is 0 Å². The molecule has 2 heteroatoms. The Hall–Kier alpha value is -0.890. The topological polar surface area (TPSA) is 26.0 Å². The molecule has 0 aromatic heterocycles. The Morgan fingerprint density at radius 3 is 2.36 bits per heavy atom. The summed E-state index contributed by atoms with van der Waals surface area (Å²) in [5, 5.41) is 0. The van der Waals surface area contributed by atoms with Crippen molar-refractivity contribution in [1.82, 2.24) is 0 Å². The van der Waals surface area contributed by atoms with Crippen molar-refractivity contribution in [2.75, 3.05) is 0 Å². The van der Waals surface area contributed by atoms with E-state index in [-0.39, 0.29) is 11.4 Å². The zero-order chi connectivity index (χ0) is 10.9. The molecule has 0 aliphatic heterocycles. The van der Waals surface area contributed by atoms with Crippen LogP contribution < -0.4 is 5.73 Å². The Morgan fingerprint density at radius 1 is 1.29 bits per heavy atom. The molecule has 0 saturated heterocycles. The highest BCUT2D eigenvalue weighted by atomic mass is 19.1. The quantitative estimate of drug-likeness (QED) is 0.771. The van der Waals surface area contributed by atoms with Gasteiger partial charge in [-0.2, -0.15) is 0 Å². The van der Waals surface area contributed by atoms with Crippen molar-refractivity contribution in [2.24, 2.45) is 5.73 Å². The molecule has 1 aromatic rings. The lowest BCUT2D eigenvalue weighted by atomic mass is 9.90. The zero-order valence-electron chi connectivity index (χ0n) is 9.32. The average Bonchev–Trinajstić information content (AvgIpc) is 2.04. The SMILES string of the molecule is Cc1ccc(F)c(C)c1CC(C)(C)N. The molecule has 0 radical (unpaired) electrons. The van der Waals surface area contributed by atoms with Crippen LogP contribution in [0.3, 0.4) is 0 Å². The van der Waals surface area contributed by atoms with Crippen LogP contribution in [0.25, 0.3) is 0 Å². The smallest absolute Gasteiger partial charge is 0.126 e. The predicted molar refractivity (Wildman–Crippen MR) is 57.8 cm³/mol. The molecule has 0 bridgehead atoms. The summed E-state index contributed by atoms with van der Waals surface area (Å²) in [7, 11) is 0. The highest BCUT2D eigenvalue weighted by molar-refractivity contribution is 5.35. The maximum atomic E-state index is 13.3. The molecule has 0 aliphatic rings. The summed E-state index contributed by atoms with van der Waals surface area (Å²) < 4.78 is 13.3. The lowest BCUT2D eigenvalue weighted by molar-refractivity contribution is 0.510. The highest BCUT2D eigenvalue weighted by Gasteiger charge is 2.16. The molecular formula is C12H18FN. The third-order valence-corrected chi connectivity index (χ3v) is 2.40. The predicted octanol–water partition coefficient (Wildman–Crippen LogP) is 2.72. The minimum Gasteiger partial charge on any atom is -0.325 e. The molecule has 0 heterocycles. The fourth-order valence-corrected chi connectivity index (χ4v) is 1.59. The van der Waals surface area contributed by atoms with Gasteiger partial charge in [0, 0.05) is 5.54 Å². The van der Waals surface area contributed by atoms with Crippen molar-refractivity contribution in [3.05, 3.63) is 34.6 Å². The van der Waals surface area contributed by atoms with Crippen LogP contribution in [-0.2, 0) is 6.42 Å². The van der Waals surface area contributed by atoms with Crippen molar-refractivity contribution >= 4 is 0 Å². The minimum atomic E-state index is -0.288. The van der Waals surface area contributed by atoms with Gasteiger partial charge in [0.25, 0.3) is 0 Å². The number of benzene rings is 1. The monoisotopic (exact) mass is 195 g/mol. The van der Waals surface area contributed by atoms with Crippen molar-refractivity contribution in [3.8, 4) is 0 Å². The van der Waals surface area contributed by atoms with Gasteiger partial charge in [-0.1, -0.05) is 6.07 Å². The summed E-state index contributed by atoms with van der Waals surface area (Å²) in [4.78, 5) is 0. The molecule has 1 nitrogen and oxygen atoms in total. The van der Waals surface area contributed by atoms with Crippen LogP contribution in [0.2, 0.25) is 0 Å². The Balaban J connectivity index is 3.13. The van der Waals surface area contributed by atoms with E-state index in [2.05, 4.69) is 0 Å². The Bertz CT molecular complexity index is 337. The van der Waals surface area contributed by atoms with E-state index in [0.29, 0.717) is 6.42 Å².